The number of rotatable bonds is 3. The number of nitrogens with one attached hydrogen (secondary N) is 1. The van der Waals surface area contributed by atoms with Crippen molar-refractivity contribution in [3.05, 3.63) is 47.5 Å². The molecule has 0 unspecified atom stereocenters. The second-order valence-corrected chi connectivity index (χ2v) is 5.64. The largest absolute Gasteiger partial charge is 0.339 e. The van der Waals surface area contributed by atoms with E-state index in [0.717, 1.165) is 49.6 Å². The van der Waals surface area contributed by atoms with Gasteiger partial charge in [-0.2, -0.15) is 5.10 Å². The molecule has 21 heavy (non-hydrogen) atoms. The van der Waals surface area contributed by atoms with E-state index in [1.54, 1.807) is 0 Å². The third kappa shape index (κ3) is 3.29. The van der Waals surface area contributed by atoms with Crippen LogP contribution in [0.5, 0.6) is 0 Å². The van der Waals surface area contributed by atoms with Crippen LogP contribution in [0.2, 0.25) is 0 Å². The summed E-state index contributed by atoms with van der Waals surface area (Å²) in [6.07, 6.45) is 2.94. The third-order valence-corrected chi connectivity index (χ3v) is 4.04. The number of aryl methyl sites for hydroxylation is 1. The number of carbonyl (C=O) groups excluding carboxylic acids is 1. The highest BCUT2D eigenvalue weighted by molar-refractivity contribution is 5.94. The molecular formula is C16H20N4O. The summed E-state index contributed by atoms with van der Waals surface area (Å²) in [6, 6.07) is 9.51. The lowest BCUT2D eigenvalue weighted by atomic mass is 9.93. The van der Waals surface area contributed by atoms with Gasteiger partial charge in [-0.1, -0.05) is 18.2 Å². The fourth-order valence-corrected chi connectivity index (χ4v) is 2.84. The van der Waals surface area contributed by atoms with Crippen LogP contribution in [0.3, 0.4) is 0 Å². The molecule has 3 rings (SSSR count). The number of carbonyl (C=O) groups is 1. The summed E-state index contributed by atoms with van der Waals surface area (Å²) in [5.41, 5.74) is 0.778. The normalized spacial score (nSPS) is 16.1. The summed E-state index contributed by atoms with van der Waals surface area (Å²) in [5, 5.41) is 7.08. The molecule has 0 atom stereocenters. The molecule has 5 nitrogen and oxygen atoms in total. The van der Waals surface area contributed by atoms with Gasteiger partial charge < -0.3 is 4.90 Å². The number of aromatic amines is 1. The molecule has 1 aromatic heterocycles. The number of nitrogens with zero attached hydrogens (tertiary/aromatic N) is 3. The van der Waals surface area contributed by atoms with Gasteiger partial charge in [0.05, 0.1) is 0 Å². The molecule has 0 radical (unpaired) electrons. The van der Waals surface area contributed by atoms with Crippen molar-refractivity contribution in [2.24, 2.45) is 5.92 Å². The third-order valence-electron chi connectivity index (χ3n) is 4.04. The van der Waals surface area contributed by atoms with Crippen LogP contribution >= 0.6 is 0 Å². The number of amides is 1. The minimum absolute atomic E-state index is 0.141. The number of piperidine rings is 1. The maximum absolute atomic E-state index is 12.4. The van der Waals surface area contributed by atoms with E-state index in [1.165, 1.54) is 0 Å². The second-order valence-electron chi connectivity index (χ2n) is 5.64. The molecule has 5 heteroatoms. The topological polar surface area (TPSA) is 61.9 Å². The minimum atomic E-state index is 0.141. The molecule has 0 bridgehead atoms. The van der Waals surface area contributed by atoms with Crippen molar-refractivity contribution in [2.45, 2.75) is 26.2 Å². The average molecular weight is 284 g/mol. The summed E-state index contributed by atoms with van der Waals surface area (Å²) < 4.78 is 0. The fourth-order valence-electron chi connectivity index (χ4n) is 2.84. The highest BCUT2D eigenvalue weighted by Crippen LogP contribution is 2.21. The van der Waals surface area contributed by atoms with Crippen molar-refractivity contribution < 1.29 is 4.79 Å². The average Bonchev–Trinajstić information content (AvgIpc) is 2.93. The van der Waals surface area contributed by atoms with Crippen molar-refractivity contribution in [1.82, 2.24) is 20.1 Å². The van der Waals surface area contributed by atoms with E-state index in [9.17, 15) is 4.79 Å². The van der Waals surface area contributed by atoms with Gasteiger partial charge in [0, 0.05) is 25.1 Å². The van der Waals surface area contributed by atoms with E-state index in [4.69, 9.17) is 0 Å². The molecule has 0 spiro atoms. The van der Waals surface area contributed by atoms with Gasteiger partial charge >= 0.3 is 0 Å². The zero-order valence-electron chi connectivity index (χ0n) is 12.2. The maximum Gasteiger partial charge on any atom is 0.253 e. The number of benzene rings is 1. The van der Waals surface area contributed by atoms with Crippen LogP contribution in [-0.4, -0.2) is 39.1 Å². The first-order chi connectivity index (χ1) is 10.2. The van der Waals surface area contributed by atoms with Crippen LogP contribution in [0, 0.1) is 12.8 Å². The summed E-state index contributed by atoms with van der Waals surface area (Å²) in [6.45, 7) is 3.56. The smallest absolute Gasteiger partial charge is 0.253 e. The molecular weight excluding hydrogens is 264 g/mol. The molecule has 1 aliphatic heterocycles. The van der Waals surface area contributed by atoms with E-state index in [2.05, 4.69) is 15.2 Å². The van der Waals surface area contributed by atoms with Crippen molar-refractivity contribution in [1.29, 1.82) is 0 Å². The van der Waals surface area contributed by atoms with Gasteiger partial charge in [0.25, 0.3) is 5.91 Å². The van der Waals surface area contributed by atoms with Gasteiger partial charge in [0.15, 0.2) is 5.82 Å². The van der Waals surface area contributed by atoms with Gasteiger partial charge in [-0.25, -0.2) is 4.98 Å². The van der Waals surface area contributed by atoms with Crippen LogP contribution in [0.15, 0.2) is 30.3 Å². The van der Waals surface area contributed by atoms with E-state index in [0.29, 0.717) is 5.92 Å². The van der Waals surface area contributed by atoms with E-state index in [1.807, 2.05) is 42.2 Å². The first-order valence-corrected chi connectivity index (χ1v) is 7.44. The Balaban J connectivity index is 1.54. The van der Waals surface area contributed by atoms with Crippen LogP contribution < -0.4 is 0 Å². The molecule has 1 aromatic carbocycles. The quantitative estimate of drug-likeness (QED) is 0.940. The van der Waals surface area contributed by atoms with E-state index in [-0.39, 0.29) is 5.91 Å². The molecule has 1 saturated heterocycles. The Hall–Kier alpha value is -2.17. The van der Waals surface area contributed by atoms with Gasteiger partial charge in [-0.15, -0.1) is 0 Å². The lowest BCUT2D eigenvalue weighted by Crippen LogP contribution is -2.38. The number of hydrogen-bond donors (Lipinski definition) is 1. The standard InChI is InChI=1S/C16H20N4O/c1-12-17-15(19-18-12)11-13-7-9-20(10-8-13)16(21)14-5-3-2-4-6-14/h2-6,13H,7-11H2,1H3,(H,17,18,19). The Morgan fingerprint density at radius 1 is 1.29 bits per heavy atom. The van der Waals surface area contributed by atoms with Crippen LogP contribution in [-0.2, 0) is 6.42 Å². The van der Waals surface area contributed by atoms with Crippen molar-refractivity contribution in [3.63, 3.8) is 0 Å². The maximum atomic E-state index is 12.4. The van der Waals surface area contributed by atoms with E-state index >= 15 is 0 Å². The van der Waals surface area contributed by atoms with E-state index < -0.39 is 0 Å². The number of hydrogen-bond acceptors (Lipinski definition) is 3. The van der Waals surface area contributed by atoms with Gasteiger partial charge in [-0.05, 0) is 37.8 Å². The highest BCUT2D eigenvalue weighted by Gasteiger charge is 2.24. The van der Waals surface area contributed by atoms with Gasteiger partial charge in [0.1, 0.15) is 5.82 Å². The molecule has 110 valence electrons. The first kappa shape index (κ1) is 13.8. The highest BCUT2D eigenvalue weighted by atomic mass is 16.2. The monoisotopic (exact) mass is 284 g/mol. The Labute approximate surface area is 124 Å². The Morgan fingerprint density at radius 2 is 2.00 bits per heavy atom. The van der Waals surface area contributed by atoms with Crippen molar-refractivity contribution in [2.75, 3.05) is 13.1 Å². The number of aromatic nitrogens is 3. The molecule has 2 aromatic rings. The number of H-pyrrole nitrogens is 1. The molecule has 1 N–H and O–H groups in total. The van der Waals surface area contributed by atoms with Crippen molar-refractivity contribution in [3.8, 4) is 0 Å². The fraction of sp³-hybridized carbons (Fsp3) is 0.438. The summed E-state index contributed by atoms with van der Waals surface area (Å²) in [7, 11) is 0. The first-order valence-electron chi connectivity index (χ1n) is 7.44. The lowest BCUT2D eigenvalue weighted by Gasteiger charge is -2.31. The summed E-state index contributed by atoms with van der Waals surface area (Å²) >= 11 is 0. The molecule has 1 amide bonds. The minimum Gasteiger partial charge on any atom is -0.339 e. The molecule has 1 fully saturated rings. The van der Waals surface area contributed by atoms with Gasteiger partial charge in [-0.3, -0.25) is 9.89 Å². The molecule has 0 aliphatic carbocycles. The Morgan fingerprint density at radius 3 is 2.62 bits per heavy atom. The van der Waals surface area contributed by atoms with Crippen LogP contribution in [0.4, 0.5) is 0 Å². The summed E-state index contributed by atoms with van der Waals surface area (Å²) in [5.74, 6) is 2.46. The number of likely N-dealkylation sites (tertiary alicyclic amines) is 1. The zero-order chi connectivity index (χ0) is 14.7. The predicted molar refractivity (Wildman–Crippen MR) is 79.9 cm³/mol. The SMILES string of the molecule is Cc1nc(CC2CCN(C(=O)c3ccccc3)CC2)n[nH]1. The Bertz CT molecular complexity index is 600. The molecule has 2 heterocycles. The molecule has 0 saturated carbocycles. The second kappa shape index (κ2) is 6.08. The van der Waals surface area contributed by atoms with Crippen LogP contribution in [0.1, 0.15) is 34.8 Å². The Kier molecular flexibility index (Phi) is 3.99. The summed E-state index contributed by atoms with van der Waals surface area (Å²) in [4.78, 5) is 18.7. The lowest BCUT2D eigenvalue weighted by molar-refractivity contribution is 0.0690. The predicted octanol–water partition coefficient (Wildman–Crippen LogP) is 2.21. The van der Waals surface area contributed by atoms with Gasteiger partial charge in [0.2, 0.25) is 0 Å². The zero-order valence-corrected chi connectivity index (χ0v) is 12.2. The van der Waals surface area contributed by atoms with Crippen molar-refractivity contribution >= 4 is 5.91 Å². The van der Waals surface area contributed by atoms with Crippen LogP contribution in [0.25, 0.3) is 0 Å². The molecule has 1 aliphatic rings.